The van der Waals surface area contributed by atoms with E-state index in [4.69, 9.17) is 0 Å². The number of anilines is 1. The van der Waals surface area contributed by atoms with Crippen LogP contribution in [0.2, 0.25) is 0 Å². The third-order valence-corrected chi connectivity index (χ3v) is 6.50. The van der Waals surface area contributed by atoms with Crippen LogP contribution >= 0.6 is 11.3 Å². The van der Waals surface area contributed by atoms with Crippen LogP contribution in [0.4, 0.5) is 10.2 Å². The number of thiophene rings is 1. The molecule has 4 heterocycles. The first-order valence-corrected chi connectivity index (χ1v) is 10.9. The maximum absolute atomic E-state index is 13.4. The number of tetrazole rings is 1. The zero-order chi connectivity index (χ0) is 21.2. The molecule has 1 aliphatic heterocycles. The monoisotopic (exact) mass is 437 g/mol. The van der Waals surface area contributed by atoms with Gasteiger partial charge in [0.05, 0.1) is 6.04 Å². The van der Waals surface area contributed by atoms with Crippen molar-refractivity contribution in [2.45, 2.75) is 18.9 Å². The lowest BCUT2D eigenvalue weighted by atomic mass is 9.94. The number of hydrogen-bond acceptors (Lipinski definition) is 7. The number of carbonyl (C=O) groups excluding carboxylic acids is 1. The molecule has 0 saturated carbocycles. The maximum atomic E-state index is 13.4. The van der Waals surface area contributed by atoms with Gasteiger partial charge in [0.25, 0.3) is 0 Å². The average Bonchev–Trinajstić information content (AvgIpc) is 3.50. The number of benzene rings is 1. The van der Waals surface area contributed by atoms with Gasteiger partial charge in [0.15, 0.2) is 11.5 Å². The molecule has 8 nitrogen and oxygen atoms in total. The number of halogens is 1. The minimum Gasteiger partial charge on any atom is -0.355 e. The molecule has 5 rings (SSSR count). The summed E-state index contributed by atoms with van der Waals surface area (Å²) in [5, 5.41) is 20.9. The molecular weight excluding hydrogens is 417 g/mol. The van der Waals surface area contributed by atoms with Crippen LogP contribution in [0.25, 0.3) is 5.65 Å². The van der Waals surface area contributed by atoms with Crippen LogP contribution in [-0.2, 0) is 4.79 Å². The van der Waals surface area contributed by atoms with E-state index in [0.29, 0.717) is 5.65 Å². The van der Waals surface area contributed by atoms with Crippen LogP contribution in [0.15, 0.2) is 53.9 Å². The number of rotatable bonds is 5. The standard InChI is InChI=1S/C21H20FN7OS/c22-16-5-3-14(4-6-16)20(17-2-1-13-31-17)23-21(30)15-9-11-28(12-10-15)19-8-7-18-24-26-27-29(18)25-19/h1-8,13,15,20H,9-12H2,(H,23,30)/t20-/m1/s1. The Hall–Kier alpha value is -3.40. The normalized spacial score (nSPS) is 15.8. The van der Waals surface area contributed by atoms with Crippen LogP contribution in [0.5, 0.6) is 0 Å². The minimum atomic E-state index is -0.291. The molecular formula is C21H20FN7OS. The average molecular weight is 438 g/mol. The van der Waals surface area contributed by atoms with Gasteiger partial charge in [-0.2, -0.15) is 0 Å². The van der Waals surface area contributed by atoms with Gasteiger partial charge in [-0.3, -0.25) is 4.79 Å². The second-order valence-electron chi connectivity index (χ2n) is 7.49. The molecule has 0 unspecified atom stereocenters. The summed E-state index contributed by atoms with van der Waals surface area (Å²) in [5.74, 6) is 0.435. The van der Waals surface area contributed by atoms with Gasteiger partial charge in [-0.15, -0.1) is 26.2 Å². The minimum absolute atomic E-state index is 0.0197. The van der Waals surface area contributed by atoms with E-state index >= 15 is 0 Å². The fourth-order valence-corrected chi connectivity index (χ4v) is 4.67. The van der Waals surface area contributed by atoms with Gasteiger partial charge < -0.3 is 10.2 Å². The highest BCUT2D eigenvalue weighted by Gasteiger charge is 2.28. The van der Waals surface area contributed by atoms with Gasteiger partial charge in [0.2, 0.25) is 5.91 Å². The summed E-state index contributed by atoms with van der Waals surface area (Å²) in [4.78, 5) is 16.2. The number of aromatic nitrogens is 5. The van der Waals surface area contributed by atoms with Crippen molar-refractivity contribution in [2.24, 2.45) is 5.92 Å². The lowest BCUT2D eigenvalue weighted by Crippen LogP contribution is -2.42. The summed E-state index contributed by atoms with van der Waals surface area (Å²) in [6, 6.07) is 13.7. The van der Waals surface area contributed by atoms with Crippen LogP contribution in [0.3, 0.4) is 0 Å². The smallest absolute Gasteiger partial charge is 0.224 e. The molecule has 1 saturated heterocycles. The Bertz CT molecular complexity index is 1170. The number of piperidine rings is 1. The molecule has 1 fully saturated rings. The number of nitrogens with zero attached hydrogens (tertiary/aromatic N) is 6. The van der Waals surface area contributed by atoms with Crippen LogP contribution < -0.4 is 10.2 Å². The van der Waals surface area contributed by atoms with Crippen LogP contribution in [-0.4, -0.2) is 44.3 Å². The fraction of sp³-hybridized carbons (Fsp3) is 0.286. The van der Waals surface area contributed by atoms with E-state index < -0.39 is 0 Å². The molecule has 1 amide bonds. The second-order valence-corrected chi connectivity index (χ2v) is 8.47. The quantitative estimate of drug-likeness (QED) is 0.517. The van der Waals surface area contributed by atoms with Crippen molar-refractivity contribution in [1.29, 1.82) is 0 Å². The Morgan fingerprint density at radius 1 is 1.13 bits per heavy atom. The van der Waals surface area contributed by atoms with Crippen molar-refractivity contribution in [3.63, 3.8) is 0 Å². The SMILES string of the molecule is O=C(N[C@H](c1ccc(F)cc1)c1cccs1)C1CCN(c2ccc3nnnn3n2)CC1. The fourth-order valence-electron chi connectivity index (χ4n) is 3.87. The predicted molar refractivity (Wildman–Crippen MR) is 114 cm³/mol. The molecule has 158 valence electrons. The molecule has 1 aromatic carbocycles. The Labute approximate surface area is 181 Å². The molecule has 0 spiro atoms. The molecule has 0 bridgehead atoms. The third-order valence-electron chi connectivity index (χ3n) is 5.56. The van der Waals surface area contributed by atoms with Crippen molar-refractivity contribution in [1.82, 2.24) is 30.6 Å². The number of nitrogens with one attached hydrogen (secondary N) is 1. The van der Waals surface area contributed by atoms with E-state index in [-0.39, 0.29) is 23.7 Å². The van der Waals surface area contributed by atoms with E-state index in [2.05, 4.69) is 30.8 Å². The molecule has 31 heavy (non-hydrogen) atoms. The second kappa shape index (κ2) is 8.38. The van der Waals surface area contributed by atoms with Gasteiger partial charge in [-0.1, -0.05) is 18.2 Å². The molecule has 1 atom stereocenters. The molecule has 3 aromatic heterocycles. The zero-order valence-corrected chi connectivity index (χ0v) is 17.4. The first kappa shape index (κ1) is 19.6. The van der Waals surface area contributed by atoms with E-state index in [0.717, 1.165) is 42.2 Å². The molecule has 0 radical (unpaired) electrons. The van der Waals surface area contributed by atoms with E-state index in [1.165, 1.54) is 16.8 Å². The first-order chi connectivity index (χ1) is 15.2. The van der Waals surface area contributed by atoms with Gasteiger partial charge >= 0.3 is 0 Å². The number of hydrogen-bond donors (Lipinski definition) is 1. The molecule has 4 aromatic rings. The molecule has 1 N–H and O–H groups in total. The summed E-state index contributed by atoms with van der Waals surface area (Å²) in [7, 11) is 0. The van der Waals surface area contributed by atoms with Crippen molar-refractivity contribution >= 4 is 28.7 Å². The summed E-state index contributed by atoms with van der Waals surface area (Å²) < 4.78 is 14.8. The van der Waals surface area contributed by atoms with Crippen molar-refractivity contribution in [3.8, 4) is 0 Å². The lowest BCUT2D eigenvalue weighted by molar-refractivity contribution is -0.126. The molecule has 10 heteroatoms. The maximum Gasteiger partial charge on any atom is 0.224 e. The number of fused-ring (bicyclic) bond motifs is 1. The topological polar surface area (TPSA) is 88.3 Å². The van der Waals surface area contributed by atoms with Crippen LogP contribution in [0, 0.1) is 11.7 Å². The predicted octanol–water partition coefficient (Wildman–Crippen LogP) is 2.84. The Kier molecular flexibility index (Phi) is 5.29. The van der Waals surface area contributed by atoms with E-state index in [9.17, 15) is 9.18 Å². The Morgan fingerprint density at radius 2 is 1.94 bits per heavy atom. The van der Waals surface area contributed by atoms with Crippen molar-refractivity contribution < 1.29 is 9.18 Å². The lowest BCUT2D eigenvalue weighted by Gasteiger charge is -2.32. The summed E-state index contributed by atoms with van der Waals surface area (Å²) in [5.41, 5.74) is 1.46. The van der Waals surface area contributed by atoms with E-state index in [1.807, 2.05) is 29.6 Å². The van der Waals surface area contributed by atoms with Gasteiger partial charge in [-0.25, -0.2) is 4.39 Å². The molecule has 0 aliphatic carbocycles. The van der Waals surface area contributed by atoms with Gasteiger partial charge in [0.1, 0.15) is 5.82 Å². The van der Waals surface area contributed by atoms with Crippen LogP contribution in [0.1, 0.15) is 29.3 Å². The van der Waals surface area contributed by atoms with Gasteiger partial charge in [0, 0.05) is 23.9 Å². The zero-order valence-electron chi connectivity index (χ0n) is 16.6. The largest absolute Gasteiger partial charge is 0.355 e. The highest BCUT2D eigenvalue weighted by Crippen LogP contribution is 2.28. The van der Waals surface area contributed by atoms with Crippen molar-refractivity contribution in [3.05, 3.63) is 70.2 Å². The summed E-state index contributed by atoms with van der Waals surface area (Å²) >= 11 is 1.57. The first-order valence-electron chi connectivity index (χ1n) is 10.1. The number of carbonyl (C=O) groups is 1. The number of amides is 1. The van der Waals surface area contributed by atoms with Crippen molar-refractivity contribution in [2.75, 3.05) is 18.0 Å². The third kappa shape index (κ3) is 4.11. The van der Waals surface area contributed by atoms with Gasteiger partial charge in [-0.05, 0) is 64.5 Å². The Morgan fingerprint density at radius 3 is 2.68 bits per heavy atom. The summed E-state index contributed by atoms with van der Waals surface area (Å²) in [6.45, 7) is 1.44. The highest BCUT2D eigenvalue weighted by atomic mass is 32.1. The molecule has 1 aliphatic rings. The Balaban J connectivity index is 1.26. The highest BCUT2D eigenvalue weighted by molar-refractivity contribution is 7.10. The van der Waals surface area contributed by atoms with E-state index in [1.54, 1.807) is 23.5 Å². The summed E-state index contributed by atoms with van der Waals surface area (Å²) in [6.07, 6.45) is 1.45.